The number of rotatable bonds is 6. The van der Waals surface area contributed by atoms with Crippen LogP contribution >= 0.6 is 0 Å². The number of aliphatic hydroxyl groups excluding tert-OH is 1. The summed E-state index contributed by atoms with van der Waals surface area (Å²) in [4.78, 5) is 14.6. The van der Waals surface area contributed by atoms with Crippen LogP contribution in [-0.2, 0) is 17.4 Å². The van der Waals surface area contributed by atoms with Gasteiger partial charge in [-0.2, -0.15) is 13.2 Å². The summed E-state index contributed by atoms with van der Waals surface area (Å²) in [5.41, 5.74) is 0.326. The van der Waals surface area contributed by atoms with Gasteiger partial charge < -0.3 is 5.11 Å². The number of hydrogen-bond acceptors (Lipinski definition) is 4. The Labute approximate surface area is 166 Å². The fraction of sp³-hybridized carbons (Fsp3) is 0.381. The molecule has 5 nitrogen and oxygen atoms in total. The molecular formula is C21H23F3N2O3. The van der Waals surface area contributed by atoms with E-state index in [1.54, 1.807) is 24.3 Å². The maximum Gasteiger partial charge on any atom is 0.416 e. The maximum atomic E-state index is 12.7. The Kier molecular flexibility index (Phi) is 6.56. The molecule has 0 saturated carbocycles. The van der Waals surface area contributed by atoms with Crippen molar-refractivity contribution in [2.24, 2.45) is 0 Å². The highest BCUT2D eigenvalue weighted by Crippen LogP contribution is 2.29. The van der Waals surface area contributed by atoms with Crippen LogP contribution in [0.15, 0.2) is 54.6 Å². The molecule has 1 heterocycles. The Morgan fingerprint density at radius 2 is 1.79 bits per heavy atom. The summed E-state index contributed by atoms with van der Waals surface area (Å²) in [7, 11) is 0. The van der Waals surface area contributed by atoms with Crippen LogP contribution in [0.1, 0.15) is 29.2 Å². The Balaban J connectivity index is 1.72. The lowest BCUT2D eigenvalue weighted by Gasteiger charge is -2.30. The Bertz CT molecular complexity index is 812. The van der Waals surface area contributed by atoms with E-state index in [9.17, 15) is 28.3 Å². The summed E-state index contributed by atoms with van der Waals surface area (Å²) in [6.45, 7) is 1.46. The topological polar surface area (TPSA) is 64.0 Å². The van der Waals surface area contributed by atoms with Crippen LogP contribution in [0.2, 0.25) is 0 Å². The van der Waals surface area contributed by atoms with E-state index in [2.05, 4.69) is 0 Å². The number of likely N-dealkylation sites (tertiary alicyclic amines) is 1. The molecule has 1 aliphatic rings. The first-order valence-electron chi connectivity index (χ1n) is 9.36. The van der Waals surface area contributed by atoms with Crippen LogP contribution in [0.3, 0.4) is 0 Å². The van der Waals surface area contributed by atoms with Gasteiger partial charge in [-0.05, 0) is 29.7 Å². The highest BCUT2D eigenvalue weighted by molar-refractivity contribution is 5.78. The maximum absolute atomic E-state index is 12.7. The van der Waals surface area contributed by atoms with Gasteiger partial charge in [-0.1, -0.05) is 42.5 Å². The smallest absolute Gasteiger partial charge is 0.392 e. The number of β-amino-alcohol motifs (C(OH)–C–C–N with tert-alkyl or cyclic N) is 1. The predicted octanol–water partition coefficient (Wildman–Crippen LogP) is 3.27. The number of amides is 1. The molecule has 0 bridgehead atoms. The van der Waals surface area contributed by atoms with E-state index in [-0.39, 0.29) is 6.42 Å². The second-order valence-corrected chi connectivity index (χ2v) is 7.24. The highest BCUT2D eigenvalue weighted by Gasteiger charge is 2.31. The normalized spacial score (nSPS) is 18.6. The average Bonchev–Trinajstić information content (AvgIpc) is 3.11. The van der Waals surface area contributed by atoms with Crippen LogP contribution in [0.4, 0.5) is 13.2 Å². The van der Waals surface area contributed by atoms with Crippen LogP contribution < -0.4 is 0 Å². The largest absolute Gasteiger partial charge is 0.416 e. The molecule has 0 radical (unpaired) electrons. The first-order valence-corrected chi connectivity index (χ1v) is 9.36. The van der Waals surface area contributed by atoms with Gasteiger partial charge in [0.05, 0.1) is 24.1 Å². The first-order chi connectivity index (χ1) is 13.7. The summed E-state index contributed by atoms with van der Waals surface area (Å²) in [5, 5.41) is 21.0. The predicted molar refractivity (Wildman–Crippen MR) is 100 cm³/mol. The van der Waals surface area contributed by atoms with E-state index < -0.39 is 29.8 Å². The summed E-state index contributed by atoms with van der Waals surface area (Å²) in [5.74, 6) is -0.613. The van der Waals surface area contributed by atoms with Gasteiger partial charge in [0.15, 0.2) is 0 Å². The fourth-order valence-corrected chi connectivity index (χ4v) is 3.46. The van der Waals surface area contributed by atoms with Gasteiger partial charge in [-0.3, -0.25) is 14.9 Å². The van der Waals surface area contributed by atoms with Gasteiger partial charge >= 0.3 is 6.18 Å². The monoisotopic (exact) mass is 408 g/mol. The van der Waals surface area contributed by atoms with Crippen LogP contribution in [0.5, 0.6) is 0 Å². The molecule has 2 aromatic carbocycles. The zero-order valence-electron chi connectivity index (χ0n) is 15.7. The molecule has 1 amide bonds. The molecule has 8 heteroatoms. The van der Waals surface area contributed by atoms with Crippen LogP contribution in [-0.4, -0.2) is 51.9 Å². The number of carbonyl (C=O) groups excluding carboxylic acids is 1. The molecule has 156 valence electrons. The Morgan fingerprint density at radius 1 is 1.14 bits per heavy atom. The molecule has 1 saturated heterocycles. The molecule has 29 heavy (non-hydrogen) atoms. The van der Waals surface area contributed by atoms with E-state index in [0.717, 1.165) is 17.7 Å². The molecule has 0 unspecified atom stereocenters. The summed E-state index contributed by atoms with van der Waals surface area (Å²) in [6.07, 6.45) is -4.46. The lowest BCUT2D eigenvalue weighted by Crippen LogP contribution is -2.40. The van der Waals surface area contributed by atoms with Crippen molar-refractivity contribution in [3.8, 4) is 0 Å². The quantitative estimate of drug-likeness (QED) is 0.569. The molecule has 0 aromatic heterocycles. The third-order valence-electron chi connectivity index (χ3n) is 5.05. The van der Waals surface area contributed by atoms with Gasteiger partial charge in [0.1, 0.15) is 0 Å². The van der Waals surface area contributed by atoms with Crippen molar-refractivity contribution in [3.05, 3.63) is 71.3 Å². The van der Waals surface area contributed by atoms with Gasteiger partial charge in [0.2, 0.25) is 0 Å². The Morgan fingerprint density at radius 3 is 2.34 bits per heavy atom. The molecule has 2 atom stereocenters. The molecular weight excluding hydrogens is 385 g/mol. The van der Waals surface area contributed by atoms with E-state index in [4.69, 9.17) is 0 Å². The summed E-state index contributed by atoms with van der Waals surface area (Å²) >= 11 is 0. The van der Waals surface area contributed by atoms with Crippen molar-refractivity contribution >= 4 is 5.91 Å². The van der Waals surface area contributed by atoms with Crippen molar-refractivity contribution in [3.63, 3.8) is 0 Å². The number of nitrogens with zero attached hydrogens (tertiary/aromatic N) is 2. The minimum absolute atomic E-state index is 0.222. The van der Waals surface area contributed by atoms with Gasteiger partial charge in [-0.25, -0.2) is 5.06 Å². The number of hydroxylamine groups is 2. The van der Waals surface area contributed by atoms with Crippen LogP contribution in [0.25, 0.3) is 0 Å². The minimum Gasteiger partial charge on any atom is -0.392 e. The molecule has 0 aliphatic carbocycles. The summed E-state index contributed by atoms with van der Waals surface area (Å²) < 4.78 is 38.1. The second kappa shape index (κ2) is 8.94. The van der Waals surface area contributed by atoms with Crippen molar-refractivity contribution < 1.29 is 28.3 Å². The van der Waals surface area contributed by atoms with Gasteiger partial charge in [-0.15, -0.1) is 0 Å². The molecule has 2 N–H and O–H groups in total. The number of halogens is 3. The van der Waals surface area contributed by atoms with Crippen molar-refractivity contribution in [2.75, 3.05) is 19.6 Å². The Hall–Kier alpha value is -2.42. The van der Waals surface area contributed by atoms with Gasteiger partial charge in [0, 0.05) is 19.6 Å². The summed E-state index contributed by atoms with van der Waals surface area (Å²) in [6, 6.07) is 12.7. The zero-order chi connectivity index (χ0) is 21.0. The average molecular weight is 408 g/mol. The third kappa shape index (κ3) is 5.56. The number of benzene rings is 2. The zero-order valence-corrected chi connectivity index (χ0v) is 15.7. The number of hydrogen-bond donors (Lipinski definition) is 2. The molecule has 3 rings (SSSR count). The van der Waals surface area contributed by atoms with E-state index in [1.807, 2.05) is 11.0 Å². The number of aliphatic hydroxyl groups is 1. The number of alkyl halides is 3. The van der Waals surface area contributed by atoms with E-state index in [0.29, 0.717) is 36.7 Å². The SMILES string of the molecule is O=C(Cc1ccc(C(F)(F)F)cc1)N(O)[C@H](CN1CC[C@H](O)C1)c1ccccc1. The van der Waals surface area contributed by atoms with E-state index >= 15 is 0 Å². The molecule has 0 spiro atoms. The molecule has 1 aliphatic heterocycles. The molecule has 1 fully saturated rings. The fourth-order valence-electron chi connectivity index (χ4n) is 3.46. The standard InChI is InChI=1S/C21H23F3N2O3/c22-21(23,24)17-8-6-15(7-9-17)12-20(28)26(29)19(16-4-2-1-3-5-16)14-25-11-10-18(27)13-25/h1-9,18-19,27,29H,10-14H2/t18-,19+/m0/s1. The third-order valence-corrected chi connectivity index (χ3v) is 5.05. The van der Waals surface area contributed by atoms with Crippen molar-refractivity contribution in [1.82, 2.24) is 9.96 Å². The second-order valence-electron chi connectivity index (χ2n) is 7.24. The van der Waals surface area contributed by atoms with Crippen molar-refractivity contribution in [2.45, 2.75) is 31.2 Å². The number of carbonyl (C=O) groups is 1. The lowest BCUT2D eigenvalue weighted by atomic mass is 10.0. The first kappa shape index (κ1) is 21.3. The lowest BCUT2D eigenvalue weighted by molar-refractivity contribution is -0.177. The van der Waals surface area contributed by atoms with Crippen molar-refractivity contribution in [1.29, 1.82) is 0 Å². The highest BCUT2D eigenvalue weighted by atomic mass is 19.4. The van der Waals surface area contributed by atoms with Gasteiger partial charge in [0.25, 0.3) is 5.91 Å². The van der Waals surface area contributed by atoms with Crippen LogP contribution in [0, 0.1) is 0 Å². The van der Waals surface area contributed by atoms with E-state index in [1.165, 1.54) is 12.1 Å². The minimum atomic E-state index is -4.44. The molecule has 2 aromatic rings.